The second-order valence-electron chi connectivity index (χ2n) is 10.9. The Morgan fingerprint density at radius 3 is 2.41 bits per heavy atom. The Hall–Kier alpha value is -1.68. The highest BCUT2D eigenvalue weighted by Gasteiger charge is 2.39. The number of hydrogen-bond donors (Lipinski definition) is 1. The maximum Gasteiger partial charge on any atom is 0.307 e. The van der Waals surface area contributed by atoms with E-state index in [4.69, 9.17) is 0 Å². The molecule has 1 saturated carbocycles. The van der Waals surface area contributed by atoms with Gasteiger partial charge in [-0.2, -0.15) is 0 Å². The van der Waals surface area contributed by atoms with Gasteiger partial charge in [-0.05, 0) is 55.4 Å². The number of ketones is 1. The third-order valence-corrected chi connectivity index (χ3v) is 8.22. The molecule has 0 saturated heterocycles. The molecule has 0 bridgehead atoms. The molecule has 0 amide bonds. The lowest BCUT2D eigenvalue weighted by Crippen LogP contribution is -2.36. The minimum atomic E-state index is -1.53. The second-order valence-corrected chi connectivity index (χ2v) is 15.9. The minimum Gasteiger partial charge on any atom is -0.481 e. The number of benzene rings is 1. The van der Waals surface area contributed by atoms with Gasteiger partial charge in [0.15, 0.2) is 0 Å². The Morgan fingerprint density at radius 2 is 1.81 bits per heavy atom. The predicted molar refractivity (Wildman–Crippen MR) is 136 cm³/mol. The molecule has 0 heterocycles. The average Bonchev–Trinajstić information content (AvgIpc) is 2.73. The molecule has 1 aliphatic carbocycles. The minimum absolute atomic E-state index is 0.131. The van der Waals surface area contributed by atoms with E-state index in [2.05, 4.69) is 51.3 Å². The van der Waals surface area contributed by atoms with Crippen LogP contribution in [0.15, 0.2) is 41.6 Å². The highest BCUT2D eigenvalue weighted by Crippen LogP contribution is 2.46. The van der Waals surface area contributed by atoms with Crippen LogP contribution in [0.2, 0.25) is 19.6 Å². The van der Waals surface area contributed by atoms with Gasteiger partial charge < -0.3 is 5.11 Å². The number of aliphatic carboxylic acids is 1. The van der Waals surface area contributed by atoms with Gasteiger partial charge in [-0.25, -0.2) is 0 Å². The van der Waals surface area contributed by atoms with Crippen LogP contribution in [0.3, 0.4) is 0 Å². The van der Waals surface area contributed by atoms with Crippen LogP contribution in [0.5, 0.6) is 0 Å². The van der Waals surface area contributed by atoms with E-state index < -0.39 is 14.0 Å². The Morgan fingerprint density at radius 1 is 1.12 bits per heavy atom. The van der Waals surface area contributed by atoms with Gasteiger partial charge in [0.1, 0.15) is 5.78 Å². The number of unbranched alkanes of at least 4 members (excludes halogenated alkanes) is 1. The lowest BCUT2D eigenvalue weighted by Gasteiger charge is -2.41. The highest BCUT2D eigenvalue weighted by molar-refractivity contribution is 6.81. The Bertz CT molecular complexity index is 763. The molecule has 1 aliphatic rings. The zero-order valence-electron chi connectivity index (χ0n) is 20.9. The second kappa shape index (κ2) is 12.5. The van der Waals surface area contributed by atoms with Crippen molar-refractivity contribution in [2.75, 3.05) is 0 Å². The number of aryl methyl sites for hydroxylation is 1. The molecule has 0 aliphatic heterocycles. The number of Topliss-reactive ketones (excluding diaryl/α,β-unsaturated/α-hetero) is 1. The fourth-order valence-electron chi connectivity index (χ4n) is 5.30. The first-order valence-corrected chi connectivity index (χ1v) is 16.2. The van der Waals surface area contributed by atoms with Gasteiger partial charge in [-0.1, -0.05) is 87.9 Å². The molecule has 1 N–H and O–H groups in total. The summed E-state index contributed by atoms with van der Waals surface area (Å²) in [7, 11) is -1.53. The molecule has 4 atom stereocenters. The molecular formula is C28H44O3Si. The molecule has 2 rings (SSSR count). The summed E-state index contributed by atoms with van der Waals surface area (Å²) in [5.74, 6) is 0.377. The van der Waals surface area contributed by atoms with Gasteiger partial charge in [0.25, 0.3) is 0 Å². The molecule has 3 nitrogen and oxygen atoms in total. The van der Waals surface area contributed by atoms with Gasteiger partial charge in [0.05, 0.1) is 14.0 Å². The molecule has 0 spiro atoms. The van der Waals surface area contributed by atoms with Crippen molar-refractivity contribution in [1.82, 2.24) is 0 Å². The number of carboxylic acid groups (broad SMARTS) is 1. The number of carbonyl (C=O) groups excluding carboxylic acids is 1. The fourth-order valence-corrected chi connectivity index (χ4v) is 6.73. The van der Waals surface area contributed by atoms with Crippen molar-refractivity contribution in [1.29, 1.82) is 0 Å². The number of carboxylic acids is 1. The zero-order chi connectivity index (χ0) is 23.7. The van der Waals surface area contributed by atoms with Crippen LogP contribution in [0.4, 0.5) is 0 Å². The van der Waals surface area contributed by atoms with Crippen LogP contribution >= 0.6 is 0 Å². The normalized spacial score (nSPS) is 23.8. The zero-order valence-corrected chi connectivity index (χ0v) is 21.9. The smallest absolute Gasteiger partial charge is 0.307 e. The molecular weight excluding hydrogens is 412 g/mol. The molecule has 32 heavy (non-hydrogen) atoms. The predicted octanol–water partition coefficient (Wildman–Crippen LogP) is 7.33. The third-order valence-electron chi connectivity index (χ3n) is 7.02. The van der Waals surface area contributed by atoms with E-state index in [0.29, 0.717) is 30.5 Å². The Kier molecular flexibility index (Phi) is 10.4. The Labute approximate surface area is 196 Å². The number of carbonyl (C=O) groups is 2. The van der Waals surface area contributed by atoms with Crippen LogP contribution in [0.25, 0.3) is 0 Å². The van der Waals surface area contributed by atoms with Crippen molar-refractivity contribution < 1.29 is 14.7 Å². The lowest BCUT2D eigenvalue weighted by molar-refractivity contribution is -0.144. The van der Waals surface area contributed by atoms with Crippen molar-refractivity contribution in [3.05, 3.63) is 47.2 Å². The molecule has 0 unspecified atom stereocenters. The first-order chi connectivity index (χ1) is 15.1. The van der Waals surface area contributed by atoms with E-state index in [1.54, 1.807) is 0 Å². The van der Waals surface area contributed by atoms with Crippen LogP contribution < -0.4 is 0 Å². The van der Waals surface area contributed by atoms with E-state index >= 15 is 0 Å². The summed E-state index contributed by atoms with van der Waals surface area (Å²) in [5, 5.41) is 10.0. The van der Waals surface area contributed by atoms with Crippen LogP contribution in [-0.2, 0) is 16.0 Å². The maximum absolute atomic E-state index is 12.7. The van der Waals surface area contributed by atoms with E-state index in [0.717, 1.165) is 44.9 Å². The monoisotopic (exact) mass is 456 g/mol. The average molecular weight is 457 g/mol. The first-order valence-electron chi connectivity index (χ1n) is 12.6. The summed E-state index contributed by atoms with van der Waals surface area (Å²) in [4.78, 5) is 24.9. The van der Waals surface area contributed by atoms with Crippen molar-refractivity contribution in [3.63, 3.8) is 0 Å². The molecule has 0 radical (unpaired) electrons. The quantitative estimate of drug-likeness (QED) is 0.335. The van der Waals surface area contributed by atoms with Gasteiger partial charge in [0.2, 0.25) is 0 Å². The van der Waals surface area contributed by atoms with E-state index in [9.17, 15) is 14.7 Å². The van der Waals surface area contributed by atoms with E-state index in [1.807, 2.05) is 18.2 Å². The van der Waals surface area contributed by atoms with Gasteiger partial charge in [-0.15, -0.1) is 0 Å². The third kappa shape index (κ3) is 8.35. The summed E-state index contributed by atoms with van der Waals surface area (Å²) in [6.07, 6.45) is 7.64. The van der Waals surface area contributed by atoms with Gasteiger partial charge in [-0.3, -0.25) is 9.59 Å². The lowest BCUT2D eigenvalue weighted by atomic mass is 9.65. The summed E-state index contributed by atoms with van der Waals surface area (Å²) < 4.78 is 0. The fraction of sp³-hybridized carbons (Fsp3) is 0.643. The van der Waals surface area contributed by atoms with E-state index in [1.165, 1.54) is 11.1 Å². The summed E-state index contributed by atoms with van der Waals surface area (Å²) in [6.45, 7) is 11.4. The van der Waals surface area contributed by atoms with Crippen molar-refractivity contribution in [3.8, 4) is 0 Å². The van der Waals surface area contributed by atoms with Crippen LogP contribution in [0, 0.1) is 23.7 Å². The number of allylic oxidation sites excluding steroid dienone is 1. The number of hydrogen-bond acceptors (Lipinski definition) is 2. The van der Waals surface area contributed by atoms with Crippen LogP contribution in [-0.4, -0.2) is 24.9 Å². The summed E-state index contributed by atoms with van der Waals surface area (Å²) in [5.41, 5.74) is 5.07. The van der Waals surface area contributed by atoms with E-state index in [-0.39, 0.29) is 11.8 Å². The van der Waals surface area contributed by atoms with Crippen LogP contribution in [0.1, 0.15) is 70.8 Å². The summed E-state index contributed by atoms with van der Waals surface area (Å²) >= 11 is 0. The van der Waals surface area contributed by atoms with Crippen molar-refractivity contribution >= 4 is 19.8 Å². The highest BCUT2D eigenvalue weighted by atomic mass is 28.3. The van der Waals surface area contributed by atoms with Gasteiger partial charge >= 0.3 is 5.97 Å². The van der Waals surface area contributed by atoms with Crippen molar-refractivity contribution in [2.45, 2.75) is 91.3 Å². The standard InChI is InChI=1S/C28H44O3Si/c1-6-7-13-26(28(30)31)25-18-14-21(2)24(27(25)20-32(3,4)5)19-17-23(29)16-15-22-11-9-8-10-12-22/h8-12,20-21,24-26H,6-7,13-19H2,1-5H3,(H,30,31)/b27-20+/t21-,24+,25+,26-/m1/s1. The molecule has 178 valence electrons. The largest absolute Gasteiger partial charge is 0.481 e. The Balaban J connectivity index is 2.15. The topological polar surface area (TPSA) is 54.4 Å². The SMILES string of the molecule is CCCC[C@@H](C(=O)O)[C@@H]1CC[C@@H](C)[C@H](CCC(=O)CCc2ccccc2)/C1=C\[Si](C)(C)C. The molecule has 0 aromatic heterocycles. The molecule has 1 aromatic carbocycles. The van der Waals surface area contributed by atoms with Crippen molar-refractivity contribution in [2.24, 2.45) is 23.7 Å². The molecule has 1 aromatic rings. The van der Waals surface area contributed by atoms with Gasteiger partial charge in [0, 0.05) is 12.8 Å². The molecule has 4 heteroatoms. The first kappa shape index (κ1) is 26.6. The number of rotatable bonds is 12. The molecule has 1 fully saturated rings. The maximum atomic E-state index is 12.7. The summed E-state index contributed by atoms with van der Waals surface area (Å²) in [6, 6.07) is 10.2.